The molecule has 0 unspecified atom stereocenters. The van der Waals surface area contributed by atoms with Gasteiger partial charge < -0.3 is 19.5 Å². The molecule has 3 aromatic rings. The summed E-state index contributed by atoms with van der Waals surface area (Å²) in [5.41, 5.74) is 2.10. The number of amides is 1. The van der Waals surface area contributed by atoms with E-state index in [1.807, 2.05) is 55.6 Å². The number of anilines is 1. The molecule has 0 aliphatic heterocycles. The molecule has 6 nitrogen and oxygen atoms in total. The molecule has 2 aromatic carbocycles. The van der Waals surface area contributed by atoms with E-state index in [0.717, 1.165) is 30.0 Å². The number of carbonyl (C=O) groups is 1. The number of nitrogens with one attached hydrogen (secondary N) is 1. The van der Waals surface area contributed by atoms with Crippen LogP contribution in [0.3, 0.4) is 0 Å². The molecule has 2 atom stereocenters. The quantitative estimate of drug-likeness (QED) is 0.540. The number of nitrogens with zero attached hydrogens (tertiary/aromatic N) is 2. The maximum atomic E-state index is 12.3. The minimum Gasteiger partial charge on any atom is -0.484 e. The summed E-state index contributed by atoms with van der Waals surface area (Å²) in [5, 5.41) is 7.42. The zero-order valence-corrected chi connectivity index (χ0v) is 19.0. The second-order valence-electron chi connectivity index (χ2n) is 9.16. The number of para-hydroxylation sites is 2. The Morgan fingerprint density at radius 2 is 1.84 bits per heavy atom. The average molecular weight is 434 g/mol. The molecule has 0 saturated heterocycles. The first kappa shape index (κ1) is 21.9. The molecule has 6 heteroatoms. The molecule has 0 radical (unpaired) electrons. The van der Waals surface area contributed by atoms with Gasteiger partial charge in [0, 0.05) is 24.8 Å². The number of aromatic nitrogens is 1. The minimum absolute atomic E-state index is 0.0116. The van der Waals surface area contributed by atoms with Crippen molar-refractivity contribution in [3.63, 3.8) is 0 Å². The molecule has 1 N–H and O–H groups in total. The molecule has 1 aliphatic rings. The monoisotopic (exact) mass is 433 g/mol. The second kappa shape index (κ2) is 9.47. The van der Waals surface area contributed by atoms with E-state index in [1.165, 1.54) is 0 Å². The van der Waals surface area contributed by atoms with Crippen molar-refractivity contribution >= 4 is 11.6 Å². The highest BCUT2D eigenvalue weighted by molar-refractivity contribution is 5.78. The highest BCUT2D eigenvalue weighted by Crippen LogP contribution is 2.47. The summed E-state index contributed by atoms with van der Waals surface area (Å²) >= 11 is 0. The van der Waals surface area contributed by atoms with Crippen LogP contribution in [0.2, 0.25) is 0 Å². The van der Waals surface area contributed by atoms with Crippen molar-refractivity contribution in [2.75, 3.05) is 18.6 Å². The predicted octanol–water partition coefficient (Wildman–Crippen LogP) is 4.46. The number of hydrogen-bond donors (Lipinski definition) is 1. The van der Waals surface area contributed by atoms with Crippen molar-refractivity contribution in [3.05, 3.63) is 78.2 Å². The summed E-state index contributed by atoms with van der Waals surface area (Å²) in [4.78, 5) is 14.5. The lowest BCUT2D eigenvalue weighted by Gasteiger charge is -2.52. The van der Waals surface area contributed by atoms with Crippen molar-refractivity contribution in [3.8, 4) is 5.75 Å². The second-order valence-corrected chi connectivity index (χ2v) is 9.16. The molecule has 1 heterocycles. The van der Waals surface area contributed by atoms with Gasteiger partial charge in [0.15, 0.2) is 12.4 Å². The average Bonchev–Trinajstić information content (AvgIpc) is 3.25. The van der Waals surface area contributed by atoms with Gasteiger partial charge in [-0.2, -0.15) is 0 Å². The molecule has 4 rings (SSSR count). The maximum absolute atomic E-state index is 12.3. The topological polar surface area (TPSA) is 67.6 Å². The summed E-state index contributed by atoms with van der Waals surface area (Å²) in [6.45, 7) is 5.11. The minimum atomic E-state index is -0.0851. The summed E-state index contributed by atoms with van der Waals surface area (Å²) in [6.07, 6.45) is 1.77. The van der Waals surface area contributed by atoms with E-state index in [4.69, 9.17) is 9.26 Å². The van der Waals surface area contributed by atoms with E-state index < -0.39 is 0 Å². The first-order chi connectivity index (χ1) is 15.4. The Balaban J connectivity index is 1.25. The molecular weight excluding hydrogens is 402 g/mol. The molecule has 1 amide bonds. The van der Waals surface area contributed by atoms with Gasteiger partial charge in [-0.1, -0.05) is 55.4 Å². The Morgan fingerprint density at radius 1 is 1.16 bits per heavy atom. The van der Waals surface area contributed by atoms with Gasteiger partial charge >= 0.3 is 0 Å². The Morgan fingerprint density at radius 3 is 2.53 bits per heavy atom. The van der Waals surface area contributed by atoms with Gasteiger partial charge in [-0.15, -0.1) is 0 Å². The van der Waals surface area contributed by atoms with Gasteiger partial charge in [-0.25, -0.2) is 0 Å². The van der Waals surface area contributed by atoms with Crippen LogP contribution >= 0.6 is 0 Å². The van der Waals surface area contributed by atoms with Gasteiger partial charge in [0.05, 0.1) is 12.2 Å². The normalized spacial score (nSPS) is 19.1. The van der Waals surface area contributed by atoms with Crippen LogP contribution in [0.5, 0.6) is 5.75 Å². The SMILES string of the molecule is CN(Cc1cc(C[C@@H]2C[C@H](NC(=O)COc3ccccc3)C2(C)C)no1)c1ccccc1. The molecule has 1 fully saturated rings. The third-order valence-corrected chi connectivity index (χ3v) is 6.57. The standard InChI is InChI=1S/C26H31N3O3/c1-26(2)19(15-24(26)27-25(30)18-31-22-12-8-5-9-13-22)14-20-16-23(32-28-20)17-29(3)21-10-6-4-7-11-21/h4-13,16,19,24H,14-15,17-18H2,1-3H3,(H,27,30)/t19-,24+/m1/s1. The highest BCUT2D eigenvalue weighted by atomic mass is 16.5. The predicted molar refractivity (Wildman–Crippen MR) is 125 cm³/mol. The molecule has 168 valence electrons. The molecule has 1 aliphatic carbocycles. The van der Waals surface area contributed by atoms with E-state index >= 15 is 0 Å². The maximum Gasteiger partial charge on any atom is 0.258 e. The lowest BCUT2D eigenvalue weighted by atomic mass is 9.57. The molecular formula is C26H31N3O3. The van der Waals surface area contributed by atoms with E-state index in [0.29, 0.717) is 18.2 Å². The first-order valence-electron chi connectivity index (χ1n) is 11.1. The van der Waals surface area contributed by atoms with Crippen LogP contribution in [0.1, 0.15) is 31.7 Å². The smallest absolute Gasteiger partial charge is 0.258 e. The third kappa shape index (κ3) is 5.13. The molecule has 32 heavy (non-hydrogen) atoms. The fourth-order valence-corrected chi connectivity index (χ4v) is 4.30. The molecule has 1 saturated carbocycles. The van der Waals surface area contributed by atoms with Crippen LogP contribution in [0.4, 0.5) is 5.69 Å². The van der Waals surface area contributed by atoms with Gasteiger partial charge in [0.2, 0.25) is 0 Å². The van der Waals surface area contributed by atoms with Crippen LogP contribution in [0, 0.1) is 11.3 Å². The van der Waals surface area contributed by atoms with Gasteiger partial charge in [-0.3, -0.25) is 4.79 Å². The van der Waals surface area contributed by atoms with Crippen LogP contribution in [0.25, 0.3) is 0 Å². The van der Waals surface area contributed by atoms with Crippen molar-refractivity contribution in [2.24, 2.45) is 11.3 Å². The van der Waals surface area contributed by atoms with E-state index in [-0.39, 0.29) is 24.0 Å². The van der Waals surface area contributed by atoms with Crippen LogP contribution in [0.15, 0.2) is 71.3 Å². The van der Waals surface area contributed by atoms with Gasteiger partial charge in [0.25, 0.3) is 5.91 Å². The van der Waals surface area contributed by atoms with Crippen molar-refractivity contribution in [1.82, 2.24) is 10.5 Å². The number of hydrogen-bond acceptors (Lipinski definition) is 5. The zero-order chi connectivity index (χ0) is 22.6. The van der Waals surface area contributed by atoms with Crippen LogP contribution in [-0.4, -0.2) is 30.8 Å². The first-order valence-corrected chi connectivity index (χ1v) is 11.1. The lowest BCUT2D eigenvalue weighted by molar-refractivity contribution is -0.127. The largest absolute Gasteiger partial charge is 0.484 e. The number of carbonyl (C=O) groups excluding carboxylic acids is 1. The summed E-state index contributed by atoms with van der Waals surface area (Å²) in [5.74, 6) is 1.91. The number of benzene rings is 2. The summed E-state index contributed by atoms with van der Waals surface area (Å²) in [6, 6.07) is 21.8. The molecule has 0 spiro atoms. The van der Waals surface area contributed by atoms with Crippen LogP contribution in [-0.2, 0) is 17.8 Å². The Labute approximate surface area is 189 Å². The van der Waals surface area contributed by atoms with Crippen molar-refractivity contribution < 1.29 is 14.1 Å². The zero-order valence-electron chi connectivity index (χ0n) is 19.0. The Bertz CT molecular complexity index is 1020. The van der Waals surface area contributed by atoms with Crippen molar-refractivity contribution in [1.29, 1.82) is 0 Å². The molecule has 1 aromatic heterocycles. The van der Waals surface area contributed by atoms with Gasteiger partial charge in [0.1, 0.15) is 5.75 Å². The fourth-order valence-electron chi connectivity index (χ4n) is 4.30. The summed E-state index contributed by atoms with van der Waals surface area (Å²) in [7, 11) is 2.04. The summed E-state index contributed by atoms with van der Waals surface area (Å²) < 4.78 is 11.1. The highest BCUT2D eigenvalue weighted by Gasteiger charge is 2.48. The van der Waals surface area contributed by atoms with Crippen molar-refractivity contribution in [2.45, 2.75) is 39.3 Å². The van der Waals surface area contributed by atoms with E-state index in [2.05, 4.69) is 47.4 Å². The fraction of sp³-hybridized carbons (Fsp3) is 0.385. The number of ether oxygens (including phenoxy) is 1. The molecule has 0 bridgehead atoms. The van der Waals surface area contributed by atoms with Gasteiger partial charge in [-0.05, 0) is 48.4 Å². The number of rotatable bonds is 9. The Kier molecular flexibility index (Phi) is 6.49. The third-order valence-electron chi connectivity index (χ3n) is 6.57. The van der Waals surface area contributed by atoms with E-state index in [9.17, 15) is 4.79 Å². The Hall–Kier alpha value is -3.28. The van der Waals surface area contributed by atoms with Crippen LogP contribution < -0.4 is 15.0 Å². The lowest BCUT2D eigenvalue weighted by Crippen LogP contribution is -2.59. The van der Waals surface area contributed by atoms with E-state index in [1.54, 1.807) is 0 Å².